The fourth-order valence-electron chi connectivity index (χ4n) is 3.54. The predicted octanol–water partition coefficient (Wildman–Crippen LogP) is 3.38. The molecule has 0 unspecified atom stereocenters. The minimum atomic E-state index is -0.375. The SMILES string of the molecule is COC(=O)c1ccc2c(c1)CCCN2C(=O)COc1cccc2cnccc12. The zero-order valence-corrected chi connectivity index (χ0v) is 15.6. The highest BCUT2D eigenvalue weighted by Crippen LogP contribution is 2.29. The van der Waals surface area contributed by atoms with E-state index in [-0.39, 0.29) is 18.5 Å². The number of fused-ring (bicyclic) bond motifs is 2. The average Bonchev–Trinajstić information content (AvgIpc) is 2.76. The Hall–Kier alpha value is -3.41. The summed E-state index contributed by atoms with van der Waals surface area (Å²) in [7, 11) is 1.36. The van der Waals surface area contributed by atoms with E-state index >= 15 is 0 Å². The third kappa shape index (κ3) is 3.41. The quantitative estimate of drug-likeness (QED) is 0.653. The van der Waals surface area contributed by atoms with Crippen LogP contribution in [-0.2, 0) is 16.0 Å². The second-order valence-electron chi connectivity index (χ2n) is 6.63. The first kappa shape index (κ1) is 18.0. The van der Waals surface area contributed by atoms with E-state index in [1.54, 1.807) is 29.4 Å². The molecule has 4 rings (SSSR count). The van der Waals surface area contributed by atoms with Gasteiger partial charge in [0.25, 0.3) is 5.91 Å². The van der Waals surface area contributed by atoms with Gasteiger partial charge in [-0.15, -0.1) is 0 Å². The highest BCUT2D eigenvalue weighted by molar-refractivity contribution is 5.97. The first-order valence-electron chi connectivity index (χ1n) is 9.14. The second kappa shape index (κ2) is 7.68. The maximum absolute atomic E-state index is 12.8. The summed E-state index contributed by atoms with van der Waals surface area (Å²) in [6, 6.07) is 12.9. The molecule has 1 aliphatic heterocycles. The number of rotatable bonds is 4. The molecule has 142 valence electrons. The molecule has 0 fully saturated rings. The predicted molar refractivity (Wildman–Crippen MR) is 106 cm³/mol. The Kier molecular flexibility index (Phi) is 4.93. The first-order valence-corrected chi connectivity index (χ1v) is 9.14. The Bertz CT molecular complexity index is 1040. The molecule has 6 heteroatoms. The molecule has 1 amide bonds. The fourth-order valence-corrected chi connectivity index (χ4v) is 3.54. The van der Waals surface area contributed by atoms with E-state index in [0.29, 0.717) is 17.9 Å². The Morgan fingerprint density at radius 3 is 2.93 bits per heavy atom. The maximum Gasteiger partial charge on any atom is 0.337 e. The van der Waals surface area contributed by atoms with Crippen LogP contribution in [0.3, 0.4) is 0 Å². The normalized spacial score (nSPS) is 13.1. The molecule has 0 atom stereocenters. The minimum Gasteiger partial charge on any atom is -0.483 e. The third-order valence-corrected chi connectivity index (χ3v) is 4.91. The average molecular weight is 376 g/mol. The molecule has 28 heavy (non-hydrogen) atoms. The number of carbonyl (C=O) groups is 2. The van der Waals surface area contributed by atoms with Crippen molar-refractivity contribution in [1.82, 2.24) is 4.98 Å². The maximum atomic E-state index is 12.8. The van der Waals surface area contributed by atoms with Crippen LogP contribution in [0.25, 0.3) is 10.8 Å². The number of amides is 1. The third-order valence-electron chi connectivity index (χ3n) is 4.91. The number of pyridine rings is 1. The number of aryl methyl sites for hydroxylation is 1. The summed E-state index contributed by atoms with van der Waals surface area (Å²) in [5, 5.41) is 1.89. The molecule has 0 radical (unpaired) electrons. The molecule has 0 bridgehead atoms. The van der Waals surface area contributed by atoms with Crippen molar-refractivity contribution < 1.29 is 19.1 Å². The Morgan fingerprint density at radius 2 is 2.07 bits per heavy atom. The highest BCUT2D eigenvalue weighted by atomic mass is 16.5. The smallest absolute Gasteiger partial charge is 0.337 e. The van der Waals surface area contributed by atoms with Crippen LogP contribution in [0.2, 0.25) is 0 Å². The first-order chi connectivity index (χ1) is 13.7. The van der Waals surface area contributed by atoms with Gasteiger partial charge in [-0.05, 0) is 48.7 Å². The van der Waals surface area contributed by atoms with Crippen molar-refractivity contribution in [2.45, 2.75) is 12.8 Å². The largest absolute Gasteiger partial charge is 0.483 e. The molecule has 2 aromatic carbocycles. The number of methoxy groups -OCH3 is 1. The summed E-state index contributed by atoms with van der Waals surface area (Å²) in [6.07, 6.45) is 5.13. The number of hydrogen-bond donors (Lipinski definition) is 0. The summed E-state index contributed by atoms with van der Waals surface area (Å²) < 4.78 is 10.6. The van der Waals surface area contributed by atoms with Crippen LogP contribution < -0.4 is 9.64 Å². The number of esters is 1. The molecule has 1 aromatic heterocycles. The lowest BCUT2D eigenvalue weighted by atomic mass is 9.99. The van der Waals surface area contributed by atoms with E-state index in [0.717, 1.165) is 34.9 Å². The Morgan fingerprint density at radius 1 is 1.18 bits per heavy atom. The van der Waals surface area contributed by atoms with Crippen LogP contribution in [-0.4, -0.2) is 37.1 Å². The molecule has 2 heterocycles. The number of anilines is 1. The summed E-state index contributed by atoms with van der Waals surface area (Å²) in [6.45, 7) is 0.575. The lowest BCUT2D eigenvalue weighted by molar-refractivity contribution is -0.120. The molecule has 6 nitrogen and oxygen atoms in total. The van der Waals surface area contributed by atoms with Crippen LogP contribution in [0.15, 0.2) is 54.9 Å². The highest BCUT2D eigenvalue weighted by Gasteiger charge is 2.24. The van der Waals surface area contributed by atoms with Crippen LogP contribution in [0.5, 0.6) is 5.75 Å². The van der Waals surface area contributed by atoms with Crippen LogP contribution >= 0.6 is 0 Å². The van der Waals surface area contributed by atoms with Gasteiger partial charge in [-0.25, -0.2) is 4.79 Å². The topological polar surface area (TPSA) is 68.7 Å². The molecule has 0 aliphatic carbocycles. The monoisotopic (exact) mass is 376 g/mol. The van der Waals surface area contributed by atoms with E-state index in [9.17, 15) is 9.59 Å². The van der Waals surface area contributed by atoms with Gasteiger partial charge >= 0.3 is 5.97 Å². The zero-order valence-electron chi connectivity index (χ0n) is 15.6. The Balaban J connectivity index is 1.52. The molecule has 0 saturated carbocycles. The zero-order chi connectivity index (χ0) is 19.5. The lowest BCUT2D eigenvalue weighted by Gasteiger charge is -2.29. The van der Waals surface area contributed by atoms with E-state index in [4.69, 9.17) is 9.47 Å². The number of carbonyl (C=O) groups excluding carboxylic acids is 2. The molecule has 0 N–H and O–H groups in total. The molecule has 0 spiro atoms. The summed E-state index contributed by atoms with van der Waals surface area (Å²) in [4.78, 5) is 30.4. The Labute approximate surface area is 162 Å². The standard InChI is InChI=1S/C22H20N2O4/c1-27-22(26)16-7-8-19-15(12-16)5-3-11-24(19)21(25)14-28-20-6-2-4-17-13-23-10-9-18(17)20/h2,4,6-10,12-13H,3,5,11,14H2,1H3. The van der Waals surface area contributed by atoms with E-state index < -0.39 is 0 Å². The van der Waals surface area contributed by atoms with Gasteiger partial charge in [0.2, 0.25) is 0 Å². The van der Waals surface area contributed by atoms with Crippen molar-refractivity contribution in [1.29, 1.82) is 0 Å². The van der Waals surface area contributed by atoms with Crippen LogP contribution in [0.1, 0.15) is 22.3 Å². The van der Waals surface area contributed by atoms with Gasteiger partial charge < -0.3 is 14.4 Å². The minimum absolute atomic E-state index is 0.0559. The van der Waals surface area contributed by atoms with Crippen LogP contribution in [0.4, 0.5) is 5.69 Å². The molecule has 0 saturated heterocycles. The van der Waals surface area contributed by atoms with Gasteiger partial charge in [0, 0.05) is 35.4 Å². The fraction of sp³-hybridized carbons (Fsp3) is 0.227. The van der Waals surface area contributed by atoms with Crippen molar-refractivity contribution in [2.24, 2.45) is 0 Å². The molecule has 3 aromatic rings. The van der Waals surface area contributed by atoms with Crippen molar-refractivity contribution in [3.8, 4) is 5.75 Å². The van der Waals surface area contributed by atoms with E-state index in [2.05, 4.69) is 4.98 Å². The molecular weight excluding hydrogens is 356 g/mol. The van der Waals surface area contributed by atoms with Gasteiger partial charge in [-0.3, -0.25) is 9.78 Å². The van der Waals surface area contributed by atoms with E-state index in [1.807, 2.05) is 30.3 Å². The number of aromatic nitrogens is 1. The summed E-state index contributed by atoms with van der Waals surface area (Å²) >= 11 is 0. The number of nitrogens with zero attached hydrogens (tertiary/aromatic N) is 2. The molecular formula is C22H20N2O4. The number of hydrogen-bond acceptors (Lipinski definition) is 5. The van der Waals surface area contributed by atoms with Gasteiger partial charge in [-0.1, -0.05) is 12.1 Å². The van der Waals surface area contributed by atoms with Gasteiger partial charge in [-0.2, -0.15) is 0 Å². The second-order valence-corrected chi connectivity index (χ2v) is 6.63. The summed E-state index contributed by atoms with van der Waals surface area (Å²) in [5.74, 6) is 0.171. The summed E-state index contributed by atoms with van der Waals surface area (Å²) in [5.41, 5.74) is 2.30. The van der Waals surface area contributed by atoms with Crippen LogP contribution in [0, 0.1) is 0 Å². The van der Waals surface area contributed by atoms with Gasteiger partial charge in [0.05, 0.1) is 12.7 Å². The van der Waals surface area contributed by atoms with Crippen molar-refractivity contribution in [2.75, 3.05) is 25.2 Å². The number of benzene rings is 2. The van der Waals surface area contributed by atoms with Crippen molar-refractivity contribution >= 4 is 28.3 Å². The molecule has 1 aliphatic rings. The lowest BCUT2D eigenvalue weighted by Crippen LogP contribution is -2.38. The van der Waals surface area contributed by atoms with Crippen molar-refractivity contribution in [3.05, 3.63) is 66.0 Å². The number of ether oxygens (including phenoxy) is 2. The van der Waals surface area contributed by atoms with Gasteiger partial charge in [0.15, 0.2) is 6.61 Å². The van der Waals surface area contributed by atoms with Crippen molar-refractivity contribution in [3.63, 3.8) is 0 Å². The van der Waals surface area contributed by atoms with E-state index in [1.165, 1.54) is 7.11 Å². The van der Waals surface area contributed by atoms with Gasteiger partial charge in [0.1, 0.15) is 5.75 Å².